The lowest BCUT2D eigenvalue weighted by Crippen LogP contribution is -2.46. The monoisotopic (exact) mass is 421 g/mol. The zero-order chi connectivity index (χ0) is 22.2. The summed E-state index contributed by atoms with van der Waals surface area (Å²) in [5.74, 6) is -0.249. The van der Waals surface area contributed by atoms with E-state index in [0.29, 0.717) is 6.42 Å². The zero-order valence-corrected chi connectivity index (χ0v) is 18.2. The van der Waals surface area contributed by atoms with Crippen LogP contribution in [0.2, 0.25) is 0 Å². The number of hydrogen-bond donors (Lipinski definition) is 1. The van der Waals surface area contributed by atoms with E-state index in [4.69, 9.17) is 9.57 Å². The number of nitrogens with one attached hydrogen (secondary N) is 1. The van der Waals surface area contributed by atoms with E-state index in [0.717, 1.165) is 28.0 Å². The van der Waals surface area contributed by atoms with Gasteiger partial charge in [-0.1, -0.05) is 53.7 Å². The second kappa shape index (κ2) is 8.06. The third-order valence-corrected chi connectivity index (χ3v) is 5.39. The SMILES string of the molecule is CNC(=O)[C@@H]1C[C@@H](ON=C2c3ccccc3-c3ccccc32)CN1C(=O)OC(C)(C)C. The van der Waals surface area contributed by atoms with Gasteiger partial charge in [-0.3, -0.25) is 9.69 Å². The van der Waals surface area contributed by atoms with Crippen molar-refractivity contribution in [1.82, 2.24) is 10.2 Å². The molecule has 1 aliphatic carbocycles. The lowest BCUT2D eigenvalue weighted by atomic mass is 10.1. The highest BCUT2D eigenvalue weighted by Gasteiger charge is 2.42. The van der Waals surface area contributed by atoms with Crippen LogP contribution in [0.15, 0.2) is 53.7 Å². The molecule has 2 aromatic carbocycles. The number of fused-ring (bicyclic) bond motifs is 3. The number of ether oxygens (including phenoxy) is 1. The van der Waals surface area contributed by atoms with Gasteiger partial charge in [-0.05, 0) is 31.9 Å². The summed E-state index contributed by atoms with van der Waals surface area (Å²) in [4.78, 5) is 32.3. The van der Waals surface area contributed by atoms with Gasteiger partial charge in [0.2, 0.25) is 5.91 Å². The van der Waals surface area contributed by atoms with E-state index in [-0.39, 0.29) is 12.5 Å². The summed E-state index contributed by atoms with van der Waals surface area (Å²) in [7, 11) is 1.55. The second-order valence-electron chi connectivity index (χ2n) is 8.76. The van der Waals surface area contributed by atoms with Gasteiger partial charge in [0, 0.05) is 24.6 Å². The zero-order valence-electron chi connectivity index (χ0n) is 18.2. The Labute approximate surface area is 182 Å². The van der Waals surface area contributed by atoms with Gasteiger partial charge in [0.05, 0.1) is 6.54 Å². The van der Waals surface area contributed by atoms with E-state index >= 15 is 0 Å². The molecule has 31 heavy (non-hydrogen) atoms. The normalized spacial score (nSPS) is 19.5. The molecule has 1 N–H and O–H groups in total. The summed E-state index contributed by atoms with van der Waals surface area (Å²) in [6.07, 6.45) is -0.599. The van der Waals surface area contributed by atoms with Crippen LogP contribution >= 0.6 is 0 Å². The third kappa shape index (κ3) is 4.13. The Balaban J connectivity index is 1.57. The summed E-state index contributed by atoms with van der Waals surface area (Å²) in [6.45, 7) is 5.62. The fourth-order valence-electron chi connectivity index (χ4n) is 4.03. The van der Waals surface area contributed by atoms with Crippen molar-refractivity contribution in [3.05, 3.63) is 59.7 Å². The summed E-state index contributed by atoms with van der Waals surface area (Å²) >= 11 is 0. The maximum Gasteiger partial charge on any atom is 0.411 e. The molecule has 2 aromatic rings. The predicted octanol–water partition coefficient (Wildman–Crippen LogP) is 3.56. The molecule has 1 aliphatic heterocycles. The van der Waals surface area contributed by atoms with Crippen molar-refractivity contribution >= 4 is 17.7 Å². The van der Waals surface area contributed by atoms with Gasteiger partial charge in [-0.25, -0.2) is 4.79 Å². The number of benzene rings is 2. The van der Waals surface area contributed by atoms with Crippen LogP contribution in [0.1, 0.15) is 38.3 Å². The van der Waals surface area contributed by atoms with E-state index in [1.165, 1.54) is 4.90 Å². The Bertz CT molecular complexity index is 994. The predicted molar refractivity (Wildman–Crippen MR) is 118 cm³/mol. The Morgan fingerprint density at radius 2 is 1.55 bits per heavy atom. The first kappa shape index (κ1) is 20.9. The number of oxime groups is 1. The average Bonchev–Trinajstić information content (AvgIpc) is 3.30. The smallest absolute Gasteiger partial charge is 0.411 e. The van der Waals surface area contributed by atoms with Crippen LogP contribution in [0.25, 0.3) is 11.1 Å². The average molecular weight is 421 g/mol. The van der Waals surface area contributed by atoms with Gasteiger partial charge in [0.25, 0.3) is 0 Å². The van der Waals surface area contributed by atoms with Crippen LogP contribution in [0.3, 0.4) is 0 Å². The summed E-state index contributed by atoms with van der Waals surface area (Å²) in [6, 6.07) is 15.5. The topological polar surface area (TPSA) is 80.2 Å². The number of likely N-dealkylation sites (tertiary alicyclic amines) is 1. The lowest BCUT2D eigenvalue weighted by Gasteiger charge is -2.27. The Morgan fingerprint density at radius 1 is 1.00 bits per heavy atom. The van der Waals surface area contributed by atoms with Gasteiger partial charge in [-0.2, -0.15) is 0 Å². The van der Waals surface area contributed by atoms with E-state index in [2.05, 4.69) is 22.6 Å². The number of likely N-dealkylation sites (N-methyl/N-ethyl adjacent to an activating group) is 1. The van der Waals surface area contributed by atoms with Crippen molar-refractivity contribution in [2.45, 2.75) is 44.9 Å². The molecule has 0 radical (unpaired) electrons. The third-order valence-electron chi connectivity index (χ3n) is 5.39. The molecule has 2 aliphatic rings. The Kier molecular flexibility index (Phi) is 5.43. The van der Waals surface area contributed by atoms with Crippen molar-refractivity contribution in [2.24, 2.45) is 5.16 Å². The molecule has 2 atom stereocenters. The van der Waals surface area contributed by atoms with Gasteiger partial charge in [0.15, 0.2) is 0 Å². The van der Waals surface area contributed by atoms with E-state index in [1.54, 1.807) is 27.8 Å². The first-order valence-corrected chi connectivity index (χ1v) is 10.4. The molecule has 7 nitrogen and oxygen atoms in total. The van der Waals surface area contributed by atoms with Gasteiger partial charge in [-0.15, -0.1) is 0 Å². The number of carbonyl (C=O) groups is 2. The lowest BCUT2D eigenvalue weighted by molar-refractivity contribution is -0.125. The summed E-state index contributed by atoms with van der Waals surface area (Å²) in [5.41, 5.74) is 4.36. The second-order valence-corrected chi connectivity index (χ2v) is 8.76. The molecule has 1 heterocycles. The molecule has 1 fully saturated rings. The van der Waals surface area contributed by atoms with E-state index < -0.39 is 23.8 Å². The van der Waals surface area contributed by atoms with Crippen LogP contribution in [-0.2, 0) is 14.4 Å². The van der Waals surface area contributed by atoms with Gasteiger partial charge < -0.3 is 14.9 Å². The molecule has 4 rings (SSSR count). The molecule has 0 saturated carbocycles. The quantitative estimate of drug-likeness (QED) is 0.656. The van der Waals surface area contributed by atoms with E-state index in [9.17, 15) is 9.59 Å². The molecule has 0 unspecified atom stereocenters. The Morgan fingerprint density at radius 3 is 2.06 bits per heavy atom. The minimum absolute atomic E-state index is 0.229. The standard InChI is InChI=1S/C24H27N3O4/c1-24(2,3)30-23(29)27-14-15(13-20(27)22(28)25-4)31-26-21-18-11-7-5-9-16(18)17-10-6-8-12-19(17)21/h5-12,15,20H,13-14H2,1-4H3,(H,25,28)/t15-,20+/m1/s1. The van der Waals surface area contributed by atoms with Crippen molar-refractivity contribution < 1.29 is 19.2 Å². The molecule has 2 amide bonds. The first-order valence-electron chi connectivity index (χ1n) is 10.4. The van der Waals surface area contributed by atoms with Gasteiger partial charge >= 0.3 is 6.09 Å². The van der Waals surface area contributed by atoms with Crippen LogP contribution in [0, 0.1) is 0 Å². The van der Waals surface area contributed by atoms with Crippen LogP contribution in [0.4, 0.5) is 4.79 Å². The molecule has 7 heteroatoms. The highest BCUT2D eigenvalue weighted by atomic mass is 16.6. The number of nitrogens with zero attached hydrogens (tertiary/aromatic N) is 2. The van der Waals surface area contributed by atoms with Crippen molar-refractivity contribution in [3.63, 3.8) is 0 Å². The highest BCUT2D eigenvalue weighted by Crippen LogP contribution is 2.37. The number of hydrogen-bond acceptors (Lipinski definition) is 5. The number of amides is 2. The van der Waals surface area contributed by atoms with E-state index in [1.807, 2.05) is 36.4 Å². The summed E-state index contributed by atoms with van der Waals surface area (Å²) < 4.78 is 5.48. The molecule has 0 spiro atoms. The molecule has 0 aromatic heterocycles. The van der Waals surface area contributed by atoms with Crippen LogP contribution in [0.5, 0.6) is 0 Å². The number of carbonyl (C=O) groups excluding carboxylic acids is 2. The first-order chi connectivity index (χ1) is 14.8. The summed E-state index contributed by atoms with van der Waals surface area (Å²) in [5, 5.41) is 7.10. The Hall–Kier alpha value is -3.35. The van der Waals surface area contributed by atoms with Crippen molar-refractivity contribution in [1.29, 1.82) is 0 Å². The minimum Gasteiger partial charge on any atom is -0.444 e. The molecular weight excluding hydrogens is 394 g/mol. The van der Waals surface area contributed by atoms with Crippen LogP contribution < -0.4 is 5.32 Å². The maximum atomic E-state index is 12.7. The highest BCUT2D eigenvalue weighted by molar-refractivity contribution is 6.24. The molecule has 0 bridgehead atoms. The van der Waals surface area contributed by atoms with Gasteiger partial charge in [0.1, 0.15) is 23.5 Å². The van der Waals surface area contributed by atoms with Crippen LogP contribution in [-0.4, -0.2) is 54.0 Å². The largest absolute Gasteiger partial charge is 0.444 e. The maximum absolute atomic E-state index is 12.7. The minimum atomic E-state index is -0.659. The van der Waals surface area contributed by atoms with Crippen molar-refractivity contribution in [2.75, 3.05) is 13.6 Å². The molecule has 162 valence electrons. The fraction of sp³-hybridized carbons (Fsp3) is 0.375. The fourth-order valence-corrected chi connectivity index (χ4v) is 4.03. The van der Waals surface area contributed by atoms with Crippen molar-refractivity contribution in [3.8, 4) is 11.1 Å². The molecular formula is C24H27N3O4. The molecule has 1 saturated heterocycles. The number of rotatable bonds is 3.